The van der Waals surface area contributed by atoms with E-state index in [9.17, 15) is 0 Å². The van der Waals surface area contributed by atoms with Gasteiger partial charge in [-0.15, -0.1) is 6.58 Å². The van der Waals surface area contributed by atoms with Gasteiger partial charge in [0.25, 0.3) is 0 Å². The maximum Gasteiger partial charge on any atom is 0.0857 e. The van der Waals surface area contributed by atoms with E-state index in [1.165, 1.54) is 5.56 Å². The second-order valence-electron chi connectivity index (χ2n) is 3.70. The van der Waals surface area contributed by atoms with E-state index >= 15 is 0 Å². The fourth-order valence-corrected chi connectivity index (χ4v) is 1.89. The van der Waals surface area contributed by atoms with Crippen LogP contribution in [0.2, 0.25) is 0 Å². The first-order valence-corrected chi connectivity index (χ1v) is 5.35. The number of aliphatic imine (C=N–C) groups is 1. The van der Waals surface area contributed by atoms with Crippen LogP contribution in [0.4, 0.5) is 0 Å². The zero-order chi connectivity index (χ0) is 10.5. The van der Waals surface area contributed by atoms with Crippen molar-refractivity contribution in [1.29, 1.82) is 0 Å². The summed E-state index contributed by atoms with van der Waals surface area (Å²) >= 11 is 0. The lowest BCUT2D eigenvalue weighted by atomic mass is 10.1. The molecule has 0 amide bonds. The molecule has 1 heterocycles. The van der Waals surface area contributed by atoms with Crippen molar-refractivity contribution in [2.24, 2.45) is 4.99 Å². The lowest BCUT2D eigenvalue weighted by molar-refractivity contribution is 0.358. The fraction of sp³-hybridized carbons (Fsp3) is 0.308. The van der Waals surface area contributed by atoms with Gasteiger partial charge in [-0.2, -0.15) is 0 Å². The fourth-order valence-electron chi connectivity index (χ4n) is 1.89. The van der Waals surface area contributed by atoms with E-state index in [-0.39, 0.29) is 6.04 Å². The minimum absolute atomic E-state index is 0.259. The van der Waals surface area contributed by atoms with Crippen molar-refractivity contribution in [3.05, 3.63) is 48.6 Å². The molecule has 1 unspecified atom stereocenters. The number of nitrogens with zero attached hydrogens (tertiary/aromatic N) is 2. The van der Waals surface area contributed by atoms with E-state index in [0.717, 1.165) is 19.5 Å². The average Bonchev–Trinajstić information content (AvgIpc) is 2.33. The molecular weight excluding hydrogens is 184 g/mol. The minimum atomic E-state index is 0.259. The summed E-state index contributed by atoms with van der Waals surface area (Å²) in [6.07, 6.45) is 5.06. The molecule has 15 heavy (non-hydrogen) atoms. The molecule has 1 aromatic carbocycles. The summed E-state index contributed by atoms with van der Waals surface area (Å²) in [5, 5.41) is 0. The minimum Gasteiger partial charge on any atom is -0.352 e. The third-order valence-corrected chi connectivity index (χ3v) is 2.66. The second kappa shape index (κ2) is 4.78. The van der Waals surface area contributed by atoms with Crippen molar-refractivity contribution in [3.63, 3.8) is 0 Å². The molecule has 0 radical (unpaired) electrons. The van der Waals surface area contributed by atoms with Crippen LogP contribution in [-0.2, 0) is 0 Å². The largest absolute Gasteiger partial charge is 0.352 e. The third-order valence-electron chi connectivity index (χ3n) is 2.66. The molecule has 0 spiro atoms. The van der Waals surface area contributed by atoms with Crippen LogP contribution < -0.4 is 0 Å². The molecule has 0 aromatic heterocycles. The molecule has 0 N–H and O–H groups in total. The predicted molar refractivity (Wildman–Crippen MR) is 64.1 cm³/mol. The maximum absolute atomic E-state index is 4.31. The zero-order valence-corrected chi connectivity index (χ0v) is 8.84. The Kier molecular flexibility index (Phi) is 3.18. The van der Waals surface area contributed by atoms with Crippen LogP contribution in [-0.4, -0.2) is 24.3 Å². The Bertz CT molecular complexity index is 343. The summed E-state index contributed by atoms with van der Waals surface area (Å²) in [6.45, 7) is 5.93. The first kappa shape index (κ1) is 9.97. The van der Waals surface area contributed by atoms with E-state index < -0.39 is 0 Å². The Balaban J connectivity index is 2.20. The van der Waals surface area contributed by atoms with Gasteiger partial charge in [-0.1, -0.05) is 36.4 Å². The van der Waals surface area contributed by atoms with Crippen LogP contribution in [0.25, 0.3) is 0 Å². The zero-order valence-electron chi connectivity index (χ0n) is 8.84. The number of hydrogen-bond acceptors (Lipinski definition) is 2. The van der Waals surface area contributed by atoms with Gasteiger partial charge in [0, 0.05) is 13.1 Å². The normalized spacial score (nSPS) is 17.5. The highest BCUT2D eigenvalue weighted by molar-refractivity contribution is 5.57. The molecule has 2 heteroatoms. The van der Waals surface area contributed by atoms with Crippen molar-refractivity contribution in [1.82, 2.24) is 4.90 Å². The summed E-state index contributed by atoms with van der Waals surface area (Å²) in [4.78, 5) is 6.55. The van der Waals surface area contributed by atoms with Gasteiger partial charge in [-0.25, -0.2) is 0 Å². The Morgan fingerprint density at radius 3 is 2.73 bits per heavy atom. The van der Waals surface area contributed by atoms with Gasteiger partial charge in [-0.05, 0) is 12.0 Å². The van der Waals surface area contributed by atoms with Gasteiger partial charge in [0.2, 0.25) is 0 Å². The van der Waals surface area contributed by atoms with Crippen LogP contribution in [0.5, 0.6) is 0 Å². The van der Waals surface area contributed by atoms with E-state index in [1.54, 1.807) is 0 Å². The van der Waals surface area contributed by atoms with Crippen molar-refractivity contribution < 1.29 is 0 Å². The molecule has 0 fully saturated rings. The first-order chi connectivity index (χ1) is 7.42. The Morgan fingerprint density at radius 1 is 1.33 bits per heavy atom. The van der Waals surface area contributed by atoms with Crippen molar-refractivity contribution in [2.45, 2.75) is 12.5 Å². The highest BCUT2D eigenvalue weighted by atomic mass is 15.2. The van der Waals surface area contributed by atoms with E-state index in [0.29, 0.717) is 0 Å². The molecule has 78 valence electrons. The topological polar surface area (TPSA) is 15.6 Å². The van der Waals surface area contributed by atoms with Gasteiger partial charge in [0.1, 0.15) is 0 Å². The van der Waals surface area contributed by atoms with Gasteiger partial charge in [0.05, 0.1) is 12.4 Å². The summed E-state index contributed by atoms with van der Waals surface area (Å²) in [5.41, 5.74) is 1.28. The number of rotatable bonds is 3. The lowest BCUT2D eigenvalue weighted by Crippen LogP contribution is -2.30. The lowest BCUT2D eigenvalue weighted by Gasteiger charge is -2.30. The Morgan fingerprint density at radius 2 is 2.13 bits per heavy atom. The molecule has 0 saturated carbocycles. The first-order valence-electron chi connectivity index (χ1n) is 5.35. The van der Waals surface area contributed by atoms with E-state index in [1.807, 2.05) is 18.5 Å². The van der Waals surface area contributed by atoms with Crippen molar-refractivity contribution in [3.8, 4) is 0 Å². The molecule has 0 aliphatic carbocycles. The Labute approximate surface area is 90.9 Å². The van der Waals surface area contributed by atoms with Crippen LogP contribution >= 0.6 is 0 Å². The van der Waals surface area contributed by atoms with Crippen LogP contribution in [0, 0.1) is 0 Å². The molecule has 1 atom stereocenters. The van der Waals surface area contributed by atoms with E-state index in [2.05, 4.69) is 40.7 Å². The maximum atomic E-state index is 4.31. The molecule has 2 rings (SSSR count). The second-order valence-corrected chi connectivity index (χ2v) is 3.70. The van der Waals surface area contributed by atoms with Crippen molar-refractivity contribution in [2.75, 3.05) is 13.1 Å². The number of benzene rings is 1. The molecule has 1 aliphatic rings. The van der Waals surface area contributed by atoms with Gasteiger partial charge >= 0.3 is 0 Å². The predicted octanol–water partition coefficient (Wildman–Crippen LogP) is 2.65. The van der Waals surface area contributed by atoms with E-state index in [4.69, 9.17) is 0 Å². The molecule has 0 saturated heterocycles. The summed E-state index contributed by atoms with van der Waals surface area (Å²) in [5.74, 6) is 0. The molecule has 1 aromatic rings. The Hall–Kier alpha value is -1.57. The molecular formula is C13H16N2. The summed E-state index contributed by atoms with van der Waals surface area (Å²) in [6, 6.07) is 10.7. The van der Waals surface area contributed by atoms with Gasteiger partial charge in [-0.3, -0.25) is 4.99 Å². The quantitative estimate of drug-likeness (QED) is 0.685. The third kappa shape index (κ3) is 2.27. The number of hydrogen-bond donors (Lipinski definition) is 0. The van der Waals surface area contributed by atoms with Crippen molar-refractivity contribution >= 4 is 6.34 Å². The van der Waals surface area contributed by atoms with Crippen LogP contribution in [0.3, 0.4) is 0 Å². The smallest absolute Gasteiger partial charge is 0.0857 e. The monoisotopic (exact) mass is 200 g/mol. The standard InChI is InChI=1S/C13H16N2/c1-2-13(12-7-4-3-5-8-12)15-10-6-9-14-11-15/h2-5,7-8,11,13H,1,6,9-10H2. The molecule has 1 aliphatic heterocycles. The highest BCUT2D eigenvalue weighted by Crippen LogP contribution is 2.21. The highest BCUT2D eigenvalue weighted by Gasteiger charge is 2.15. The van der Waals surface area contributed by atoms with Gasteiger partial charge < -0.3 is 4.90 Å². The summed E-state index contributed by atoms with van der Waals surface area (Å²) in [7, 11) is 0. The molecule has 0 bridgehead atoms. The van der Waals surface area contributed by atoms with Crippen LogP contribution in [0.1, 0.15) is 18.0 Å². The molecule has 2 nitrogen and oxygen atoms in total. The van der Waals surface area contributed by atoms with Gasteiger partial charge in [0.15, 0.2) is 0 Å². The average molecular weight is 200 g/mol. The SMILES string of the molecule is C=CC(c1ccccc1)N1C=NCCC1. The summed E-state index contributed by atoms with van der Waals surface area (Å²) < 4.78 is 0. The van der Waals surface area contributed by atoms with Crippen LogP contribution in [0.15, 0.2) is 48.0 Å².